The fourth-order valence-corrected chi connectivity index (χ4v) is 5.07. The van der Waals surface area contributed by atoms with Crippen LogP contribution >= 0.6 is 0 Å². The SMILES string of the molecule is O=C(O)CN(CC1CC1)C1CC(NS(=O)(=O)CCCN2CCOCC2)C1. The van der Waals surface area contributed by atoms with Crippen LogP contribution in [0.2, 0.25) is 0 Å². The van der Waals surface area contributed by atoms with Crippen molar-refractivity contribution >= 4 is 16.0 Å². The third-order valence-electron chi connectivity index (χ3n) is 5.49. The van der Waals surface area contributed by atoms with Crippen LogP contribution in [0.15, 0.2) is 0 Å². The summed E-state index contributed by atoms with van der Waals surface area (Å²) in [6.45, 7) is 4.86. The van der Waals surface area contributed by atoms with Crippen LogP contribution < -0.4 is 4.72 Å². The van der Waals surface area contributed by atoms with Gasteiger partial charge in [0.15, 0.2) is 0 Å². The zero-order valence-corrected chi connectivity index (χ0v) is 16.1. The number of ether oxygens (including phenoxy) is 1. The Morgan fingerprint density at radius 2 is 1.92 bits per heavy atom. The Labute approximate surface area is 155 Å². The highest BCUT2D eigenvalue weighted by Crippen LogP contribution is 2.33. The Bertz CT molecular complexity index is 569. The number of carboxylic acids is 1. The van der Waals surface area contributed by atoms with Gasteiger partial charge in [-0.15, -0.1) is 0 Å². The molecule has 0 aromatic heterocycles. The van der Waals surface area contributed by atoms with Crippen molar-refractivity contribution in [3.8, 4) is 0 Å². The number of nitrogens with zero attached hydrogens (tertiary/aromatic N) is 2. The molecule has 9 heteroatoms. The molecule has 0 amide bonds. The molecule has 8 nitrogen and oxygen atoms in total. The summed E-state index contributed by atoms with van der Waals surface area (Å²) in [6, 6.07) is 0.136. The first kappa shape index (κ1) is 20.0. The second kappa shape index (κ2) is 8.97. The zero-order chi connectivity index (χ0) is 18.6. The lowest BCUT2D eigenvalue weighted by Crippen LogP contribution is -2.55. The maximum absolute atomic E-state index is 12.3. The van der Waals surface area contributed by atoms with Gasteiger partial charge in [-0.3, -0.25) is 14.6 Å². The second-order valence-corrected chi connectivity index (χ2v) is 9.71. The quantitative estimate of drug-likeness (QED) is 0.511. The van der Waals surface area contributed by atoms with Crippen molar-refractivity contribution in [3.63, 3.8) is 0 Å². The molecule has 3 aliphatic rings. The van der Waals surface area contributed by atoms with Crippen molar-refractivity contribution in [2.24, 2.45) is 5.92 Å². The summed E-state index contributed by atoms with van der Waals surface area (Å²) in [5, 5.41) is 9.08. The number of nitrogens with one attached hydrogen (secondary N) is 1. The average Bonchev–Trinajstić information content (AvgIpc) is 3.34. The molecule has 0 bridgehead atoms. The Balaban J connectivity index is 1.35. The van der Waals surface area contributed by atoms with Gasteiger partial charge in [-0.05, 0) is 44.6 Å². The predicted octanol–water partition coefficient (Wildman–Crippen LogP) is -0.0443. The molecule has 1 aliphatic heterocycles. The summed E-state index contributed by atoms with van der Waals surface area (Å²) in [5.74, 6) is -0.0324. The van der Waals surface area contributed by atoms with Crippen LogP contribution in [-0.4, -0.2) is 93.1 Å². The third kappa shape index (κ3) is 6.45. The fraction of sp³-hybridized carbons (Fsp3) is 0.941. The average molecular weight is 390 g/mol. The van der Waals surface area contributed by atoms with Gasteiger partial charge in [-0.1, -0.05) is 0 Å². The fourth-order valence-electron chi connectivity index (χ4n) is 3.75. The van der Waals surface area contributed by atoms with Gasteiger partial charge < -0.3 is 9.84 Å². The lowest BCUT2D eigenvalue weighted by atomic mass is 9.86. The number of hydrogen-bond acceptors (Lipinski definition) is 6. The molecule has 2 saturated carbocycles. The highest BCUT2D eigenvalue weighted by atomic mass is 32.2. The minimum Gasteiger partial charge on any atom is -0.480 e. The Morgan fingerprint density at radius 3 is 2.54 bits per heavy atom. The molecular formula is C17H31N3O5S. The normalized spacial score (nSPS) is 27.4. The molecule has 0 spiro atoms. The van der Waals surface area contributed by atoms with E-state index in [1.165, 1.54) is 12.8 Å². The first-order valence-electron chi connectivity index (χ1n) is 9.67. The smallest absolute Gasteiger partial charge is 0.317 e. The molecule has 0 unspecified atom stereocenters. The summed E-state index contributed by atoms with van der Waals surface area (Å²) in [4.78, 5) is 15.3. The van der Waals surface area contributed by atoms with E-state index in [9.17, 15) is 13.2 Å². The maximum Gasteiger partial charge on any atom is 0.317 e. The monoisotopic (exact) mass is 389 g/mol. The third-order valence-corrected chi connectivity index (χ3v) is 7.01. The van der Waals surface area contributed by atoms with E-state index in [1.54, 1.807) is 0 Å². The van der Waals surface area contributed by atoms with Crippen molar-refractivity contribution in [1.82, 2.24) is 14.5 Å². The minimum atomic E-state index is -3.27. The van der Waals surface area contributed by atoms with E-state index >= 15 is 0 Å². The van der Waals surface area contributed by atoms with Gasteiger partial charge in [-0.25, -0.2) is 13.1 Å². The molecular weight excluding hydrogens is 358 g/mol. The number of morpholine rings is 1. The zero-order valence-electron chi connectivity index (χ0n) is 15.3. The summed E-state index contributed by atoms with van der Waals surface area (Å²) in [7, 11) is -3.27. The van der Waals surface area contributed by atoms with Crippen molar-refractivity contribution in [3.05, 3.63) is 0 Å². The number of carbonyl (C=O) groups is 1. The highest BCUT2D eigenvalue weighted by molar-refractivity contribution is 7.89. The minimum absolute atomic E-state index is 0.0520. The van der Waals surface area contributed by atoms with Crippen LogP contribution in [0.25, 0.3) is 0 Å². The van der Waals surface area contributed by atoms with Crippen LogP contribution in [0.3, 0.4) is 0 Å². The molecule has 3 rings (SSSR count). The number of aliphatic carboxylic acids is 1. The molecule has 1 saturated heterocycles. The van der Waals surface area contributed by atoms with Crippen LogP contribution in [0.5, 0.6) is 0 Å². The van der Waals surface area contributed by atoms with Crippen molar-refractivity contribution in [1.29, 1.82) is 0 Å². The first-order valence-corrected chi connectivity index (χ1v) is 11.3. The van der Waals surface area contributed by atoms with E-state index in [4.69, 9.17) is 9.84 Å². The Morgan fingerprint density at radius 1 is 1.23 bits per heavy atom. The summed E-state index contributed by atoms with van der Waals surface area (Å²) in [6.07, 6.45) is 4.41. The van der Waals surface area contributed by atoms with Crippen LogP contribution in [0, 0.1) is 5.92 Å². The van der Waals surface area contributed by atoms with Crippen LogP contribution in [0.4, 0.5) is 0 Å². The highest BCUT2D eigenvalue weighted by Gasteiger charge is 2.38. The predicted molar refractivity (Wildman–Crippen MR) is 97.5 cm³/mol. The molecule has 150 valence electrons. The van der Waals surface area contributed by atoms with E-state index in [1.807, 2.05) is 4.90 Å². The topological polar surface area (TPSA) is 99.2 Å². The van der Waals surface area contributed by atoms with E-state index in [0.717, 1.165) is 39.4 Å². The van der Waals surface area contributed by atoms with Gasteiger partial charge in [0.25, 0.3) is 0 Å². The molecule has 0 radical (unpaired) electrons. The standard InChI is InChI=1S/C17H31N3O5S/c21-17(22)13-20(12-14-2-3-14)16-10-15(11-16)18-26(23,24)9-1-4-19-5-7-25-8-6-19/h14-16,18H,1-13H2,(H,21,22). The van der Waals surface area contributed by atoms with Crippen molar-refractivity contribution in [2.45, 2.75) is 44.2 Å². The number of carboxylic acid groups (broad SMARTS) is 1. The van der Waals surface area contributed by atoms with Gasteiger partial charge in [-0.2, -0.15) is 0 Å². The van der Waals surface area contributed by atoms with Crippen molar-refractivity contribution < 1.29 is 23.1 Å². The van der Waals surface area contributed by atoms with Gasteiger partial charge in [0, 0.05) is 31.7 Å². The maximum atomic E-state index is 12.3. The lowest BCUT2D eigenvalue weighted by molar-refractivity contribution is -0.139. The molecule has 0 atom stereocenters. The second-order valence-electron chi connectivity index (χ2n) is 7.83. The molecule has 0 aromatic carbocycles. The molecule has 2 aliphatic carbocycles. The largest absolute Gasteiger partial charge is 0.480 e. The molecule has 3 fully saturated rings. The van der Waals surface area contributed by atoms with E-state index in [2.05, 4.69) is 9.62 Å². The van der Waals surface area contributed by atoms with Gasteiger partial charge in [0.05, 0.1) is 25.5 Å². The van der Waals surface area contributed by atoms with Gasteiger partial charge >= 0.3 is 5.97 Å². The van der Waals surface area contributed by atoms with Gasteiger partial charge in [0.2, 0.25) is 10.0 Å². The van der Waals surface area contributed by atoms with Crippen LogP contribution in [-0.2, 0) is 19.6 Å². The number of sulfonamides is 1. The van der Waals surface area contributed by atoms with E-state index in [-0.39, 0.29) is 24.4 Å². The molecule has 0 aromatic rings. The van der Waals surface area contributed by atoms with E-state index < -0.39 is 16.0 Å². The number of hydrogen-bond donors (Lipinski definition) is 2. The Kier molecular flexibility index (Phi) is 6.90. The summed E-state index contributed by atoms with van der Waals surface area (Å²) >= 11 is 0. The van der Waals surface area contributed by atoms with Crippen molar-refractivity contribution in [2.75, 3.05) is 51.7 Å². The molecule has 26 heavy (non-hydrogen) atoms. The first-order chi connectivity index (χ1) is 12.4. The van der Waals surface area contributed by atoms with Gasteiger partial charge in [0.1, 0.15) is 0 Å². The van der Waals surface area contributed by atoms with E-state index in [0.29, 0.717) is 25.2 Å². The van der Waals surface area contributed by atoms with Crippen LogP contribution in [0.1, 0.15) is 32.1 Å². The lowest BCUT2D eigenvalue weighted by Gasteiger charge is -2.42. The molecule has 1 heterocycles. The summed E-state index contributed by atoms with van der Waals surface area (Å²) < 4.78 is 32.6. The number of rotatable bonds is 11. The summed E-state index contributed by atoms with van der Waals surface area (Å²) in [5.41, 5.74) is 0. The Hall–Kier alpha value is -0.740. The molecule has 2 N–H and O–H groups in total.